The Labute approximate surface area is 129 Å². The highest BCUT2D eigenvalue weighted by atomic mass is 16.5. The van der Waals surface area contributed by atoms with Crippen LogP contribution >= 0.6 is 0 Å². The molecule has 3 heterocycles. The molecule has 8 nitrogen and oxygen atoms in total. The van der Waals surface area contributed by atoms with Crippen molar-refractivity contribution in [3.05, 3.63) is 12.7 Å². The standard InChI is InChI=1S/C14H21N5O3/c1-2-7-22-14-16-12(18-3-8-20-9-4-18)15-13(17-14)19-5-10-21-11-6-19/h2H,1,3-11H2. The molecule has 22 heavy (non-hydrogen) atoms. The number of rotatable bonds is 5. The number of hydrogen-bond donors (Lipinski definition) is 0. The number of aromatic nitrogens is 3. The molecule has 2 aliphatic heterocycles. The van der Waals surface area contributed by atoms with Crippen molar-refractivity contribution >= 4 is 11.9 Å². The van der Waals surface area contributed by atoms with E-state index in [9.17, 15) is 0 Å². The van der Waals surface area contributed by atoms with Crippen LogP contribution in [0, 0.1) is 0 Å². The molecule has 0 amide bonds. The van der Waals surface area contributed by atoms with Crippen LogP contribution in [0.2, 0.25) is 0 Å². The Morgan fingerprint density at radius 3 is 1.86 bits per heavy atom. The third-order valence-corrected chi connectivity index (χ3v) is 3.51. The van der Waals surface area contributed by atoms with Gasteiger partial charge in [0.05, 0.1) is 26.4 Å². The van der Waals surface area contributed by atoms with Crippen LogP contribution in [-0.4, -0.2) is 74.2 Å². The van der Waals surface area contributed by atoms with Gasteiger partial charge in [-0.15, -0.1) is 0 Å². The van der Waals surface area contributed by atoms with Crippen LogP contribution in [-0.2, 0) is 9.47 Å². The number of hydrogen-bond acceptors (Lipinski definition) is 8. The third kappa shape index (κ3) is 3.63. The van der Waals surface area contributed by atoms with Gasteiger partial charge in [-0.2, -0.15) is 15.0 Å². The molecule has 2 fully saturated rings. The molecule has 0 saturated carbocycles. The second-order valence-corrected chi connectivity index (χ2v) is 5.02. The van der Waals surface area contributed by atoms with Crippen LogP contribution in [0.15, 0.2) is 12.7 Å². The largest absolute Gasteiger partial charge is 0.459 e. The molecular formula is C14H21N5O3. The van der Waals surface area contributed by atoms with Gasteiger partial charge in [-0.3, -0.25) is 0 Å². The van der Waals surface area contributed by atoms with E-state index < -0.39 is 0 Å². The van der Waals surface area contributed by atoms with E-state index in [0.29, 0.717) is 50.9 Å². The highest BCUT2D eigenvalue weighted by Crippen LogP contribution is 2.19. The molecule has 0 unspecified atom stereocenters. The van der Waals surface area contributed by atoms with Gasteiger partial charge in [0.15, 0.2) is 0 Å². The van der Waals surface area contributed by atoms with Crippen LogP contribution in [0.25, 0.3) is 0 Å². The maximum atomic E-state index is 5.52. The molecule has 0 spiro atoms. The van der Waals surface area contributed by atoms with Crippen LogP contribution < -0.4 is 14.5 Å². The molecule has 120 valence electrons. The van der Waals surface area contributed by atoms with E-state index in [2.05, 4.69) is 31.3 Å². The summed E-state index contributed by atoms with van der Waals surface area (Å²) in [6, 6.07) is 0.331. The number of ether oxygens (including phenoxy) is 3. The molecule has 2 saturated heterocycles. The molecule has 1 aromatic heterocycles. The first kappa shape index (κ1) is 15.0. The Morgan fingerprint density at radius 2 is 1.41 bits per heavy atom. The number of morpholine rings is 2. The van der Waals surface area contributed by atoms with Gasteiger partial charge in [0.2, 0.25) is 11.9 Å². The fourth-order valence-corrected chi connectivity index (χ4v) is 2.34. The summed E-state index contributed by atoms with van der Waals surface area (Å²) in [5.74, 6) is 1.28. The second-order valence-electron chi connectivity index (χ2n) is 5.02. The van der Waals surface area contributed by atoms with E-state index in [4.69, 9.17) is 14.2 Å². The minimum atomic E-state index is 0.331. The minimum absolute atomic E-state index is 0.331. The molecule has 0 N–H and O–H groups in total. The predicted octanol–water partition coefficient (Wildman–Crippen LogP) is 0.110. The topological polar surface area (TPSA) is 72.8 Å². The van der Waals surface area contributed by atoms with E-state index in [1.165, 1.54) is 0 Å². The van der Waals surface area contributed by atoms with Crippen molar-refractivity contribution in [3.63, 3.8) is 0 Å². The van der Waals surface area contributed by atoms with Crippen molar-refractivity contribution in [1.29, 1.82) is 0 Å². The zero-order chi connectivity index (χ0) is 15.2. The van der Waals surface area contributed by atoms with Crippen LogP contribution in [0.3, 0.4) is 0 Å². The van der Waals surface area contributed by atoms with Gasteiger partial charge in [-0.05, 0) is 0 Å². The molecule has 0 aromatic carbocycles. The van der Waals surface area contributed by atoms with Crippen molar-refractivity contribution in [3.8, 4) is 6.01 Å². The lowest BCUT2D eigenvalue weighted by molar-refractivity contribution is 0.121. The van der Waals surface area contributed by atoms with E-state index in [0.717, 1.165) is 26.2 Å². The third-order valence-electron chi connectivity index (χ3n) is 3.51. The molecule has 1 aromatic rings. The van der Waals surface area contributed by atoms with Crippen LogP contribution in [0.1, 0.15) is 0 Å². The molecule has 2 aliphatic rings. The lowest BCUT2D eigenvalue weighted by Gasteiger charge is -2.30. The smallest absolute Gasteiger partial charge is 0.323 e. The second kappa shape index (κ2) is 7.37. The van der Waals surface area contributed by atoms with Crippen LogP contribution in [0.4, 0.5) is 11.9 Å². The first-order valence-electron chi connectivity index (χ1n) is 7.52. The monoisotopic (exact) mass is 307 g/mol. The summed E-state index contributed by atoms with van der Waals surface area (Å²) >= 11 is 0. The summed E-state index contributed by atoms with van der Waals surface area (Å²) < 4.78 is 16.3. The lowest BCUT2D eigenvalue weighted by atomic mass is 10.4. The number of nitrogens with zero attached hydrogens (tertiary/aromatic N) is 5. The predicted molar refractivity (Wildman–Crippen MR) is 81.6 cm³/mol. The van der Waals surface area contributed by atoms with Crippen molar-refractivity contribution in [2.24, 2.45) is 0 Å². The summed E-state index contributed by atoms with van der Waals surface area (Å²) in [5, 5.41) is 0. The Morgan fingerprint density at radius 1 is 0.909 bits per heavy atom. The zero-order valence-electron chi connectivity index (χ0n) is 12.6. The molecule has 0 atom stereocenters. The highest BCUT2D eigenvalue weighted by molar-refractivity contribution is 5.41. The zero-order valence-corrected chi connectivity index (χ0v) is 12.6. The summed E-state index contributed by atoms with van der Waals surface area (Å²) in [7, 11) is 0. The molecule has 8 heteroatoms. The Bertz CT molecular complexity index is 465. The lowest BCUT2D eigenvalue weighted by Crippen LogP contribution is -2.40. The normalized spacial score (nSPS) is 19.1. The van der Waals surface area contributed by atoms with Gasteiger partial charge in [0.1, 0.15) is 6.61 Å². The summed E-state index contributed by atoms with van der Waals surface area (Å²) in [4.78, 5) is 17.6. The minimum Gasteiger partial charge on any atom is -0.459 e. The van der Waals surface area contributed by atoms with Crippen molar-refractivity contribution in [1.82, 2.24) is 15.0 Å². The van der Waals surface area contributed by atoms with Gasteiger partial charge in [-0.25, -0.2) is 0 Å². The van der Waals surface area contributed by atoms with Crippen molar-refractivity contribution < 1.29 is 14.2 Å². The van der Waals surface area contributed by atoms with Gasteiger partial charge >= 0.3 is 6.01 Å². The fourth-order valence-electron chi connectivity index (χ4n) is 2.34. The molecule has 0 aliphatic carbocycles. The van der Waals surface area contributed by atoms with Crippen molar-refractivity contribution in [2.75, 3.05) is 69.0 Å². The van der Waals surface area contributed by atoms with Gasteiger partial charge < -0.3 is 24.0 Å². The van der Waals surface area contributed by atoms with Crippen LogP contribution in [0.5, 0.6) is 6.01 Å². The Kier molecular flexibility index (Phi) is 5.02. The maximum absolute atomic E-state index is 5.52. The van der Waals surface area contributed by atoms with Gasteiger partial charge in [0.25, 0.3) is 0 Å². The average Bonchev–Trinajstić information content (AvgIpc) is 2.61. The average molecular weight is 307 g/mol. The summed E-state index contributed by atoms with van der Waals surface area (Å²) in [5.41, 5.74) is 0. The summed E-state index contributed by atoms with van der Waals surface area (Å²) in [6.07, 6.45) is 1.67. The van der Waals surface area contributed by atoms with E-state index >= 15 is 0 Å². The molecule has 0 bridgehead atoms. The Hall–Kier alpha value is -1.93. The molecule has 0 radical (unpaired) electrons. The SMILES string of the molecule is C=CCOc1nc(N2CCOCC2)nc(N2CCOCC2)n1. The molecular weight excluding hydrogens is 286 g/mol. The van der Waals surface area contributed by atoms with E-state index in [1.54, 1.807) is 6.08 Å². The number of anilines is 2. The van der Waals surface area contributed by atoms with Gasteiger partial charge in [-0.1, -0.05) is 12.7 Å². The quantitative estimate of drug-likeness (QED) is 0.710. The van der Waals surface area contributed by atoms with Gasteiger partial charge in [0, 0.05) is 26.2 Å². The highest BCUT2D eigenvalue weighted by Gasteiger charge is 2.20. The van der Waals surface area contributed by atoms with Crippen molar-refractivity contribution in [2.45, 2.75) is 0 Å². The summed E-state index contributed by atoms with van der Waals surface area (Å²) in [6.45, 7) is 9.83. The maximum Gasteiger partial charge on any atom is 0.323 e. The van der Waals surface area contributed by atoms with E-state index in [-0.39, 0.29) is 0 Å². The Balaban J connectivity index is 1.84. The van der Waals surface area contributed by atoms with E-state index in [1.807, 2.05) is 0 Å². The first-order chi connectivity index (χ1) is 10.9. The first-order valence-corrected chi connectivity index (χ1v) is 7.52. The fraction of sp³-hybridized carbons (Fsp3) is 0.643. The molecule has 3 rings (SSSR count).